The molecule has 0 saturated heterocycles. The maximum Gasteiger partial charge on any atom is 0.249 e. The maximum atomic E-state index is 12.7. The number of benzene rings is 1. The number of aromatic nitrogens is 2. The van der Waals surface area contributed by atoms with Gasteiger partial charge >= 0.3 is 0 Å². The Kier molecular flexibility index (Phi) is 5.57. The van der Waals surface area contributed by atoms with Crippen LogP contribution in [0, 0.1) is 0 Å². The van der Waals surface area contributed by atoms with Crippen LogP contribution >= 0.6 is 0 Å². The molecular formula is C22H24N4O3. The Bertz CT molecular complexity index is 1020. The molecule has 1 atom stereocenters. The molecular weight excluding hydrogens is 368 g/mol. The van der Waals surface area contributed by atoms with Crippen LogP contribution in [0.2, 0.25) is 0 Å². The molecule has 2 aromatic heterocycles. The van der Waals surface area contributed by atoms with Crippen LogP contribution in [-0.2, 0) is 4.79 Å². The number of pyridine rings is 1. The molecule has 29 heavy (non-hydrogen) atoms. The molecule has 1 aliphatic carbocycles. The van der Waals surface area contributed by atoms with E-state index < -0.39 is 5.92 Å². The predicted molar refractivity (Wildman–Crippen MR) is 110 cm³/mol. The van der Waals surface area contributed by atoms with E-state index in [1.807, 2.05) is 40.9 Å². The number of nitrogens with zero attached hydrogens (tertiary/aromatic N) is 3. The summed E-state index contributed by atoms with van der Waals surface area (Å²) in [6.45, 7) is -0.110. The number of rotatable bonds is 8. The third-order valence-electron chi connectivity index (χ3n) is 5.14. The summed E-state index contributed by atoms with van der Waals surface area (Å²) in [6, 6.07) is 11.4. The zero-order valence-corrected chi connectivity index (χ0v) is 16.3. The molecule has 2 N–H and O–H groups in total. The highest BCUT2D eigenvalue weighted by molar-refractivity contribution is 5.86. The first-order valence-corrected chi connectivity index (χ1v) is 9.74. The van der Waals surface area contributed by atoms with Crippen LogP contribution in [-0.4, -0.2) is 40.3 Å². The van der Waals surface area contributed by atoms with E-state index in [0.29, 0.717) is 11.6 Å². The molecule has 7 nitrogen and oxygen atoms in total. The summed E-state index contributed by atoms with van der Waals surface area (Å²) in [5.74, 6) is 0.534. The van der Waals surface area contributed by atoms with Crippen LogP contribution in [0.5, 0.6) is 5.75 Å². The van der Waals surface area contributed by atoms with Crippen LogP contribution in [0.1, 0.15) is 47.9 Å². The molecule has 0 aliphatic heterocycles. The maximum absolute atomic E-state index is 12.7. The third kappa shape index (κ3) is 4.46. The van der Waals surface area contributed by atoms with E-state index in [4.69, 9.17) is 4.74 Å². The number of amides is 1. The van der Waals surface area contributed by atoms with Gasteiger partial charge < -0.3 is 14.2 Å². The zero-order valence-electron chi connectivity index (χ0n) is 16.3. The summed E-state index contributed by atoms with van der Waals surface area (Å²) in [4.78, 5) is 17.3. The van der Waals surface area contributed by atoms with Crippen molar-refractivity contribution in [3.8, 4) is 5.75 Å². The number of hydrogen-bond acceptors (Lipinski definition) is 5. The second-order valence-electron chi connectivity index (χ2n) is 7.24. The standard InChI is InChI=1S/C22H24N4O3/c1-29-18-7-2-15(3-8-18)12-23-25-22(28)19(10-11-27)20-14-26-13-17(16-4-5-16)6-9-21(26)24-20/h2-3,6-9,12-14,16,19,27H,4-5,10-11H2,1H3,(H,25,28). The van der Waals surface area contributed by atoms with Crippen molar-refractivity contribution in [1.29, 1.82) is 0 Å². The van der Waals surface area contributed by atoms with E-state index in [2.05, 4.69) is 27.8 Å². The third-order valence-corrected chi connectivity index (χ3v) is 5.14. The largest absolute Gasteiger partial charge is 0.497 e. The van der Waals surface area contributed by atoms with E-state index >= 15 is 0 Å². The van der Waals surface area contributed by atoms with Crippen molar-refractivity contribution in [3.63, 3.8) is 0 Å². The number of imidazole rings is 1. The highest BCUT2D eigenvalue weighted by atomic mass is 16.5. The first-order chi connectivity index (χ1) is 14.2. The Morgan fingerprint density at radius 1 is 1.31 bits per heavy atom. The summed E-state index contributed by atoms with van der Waals surface area (Å²) in [5.41, 5.74) is 6.13. The molecule has 7 heteroatoms. The fraction of sp³-hybridized carbons (Fsp3) is 0.318. The van der Waals surface area contributed by atoms with E-state index in [9.17, 15) is 9.90 Å². The number of hydrazone groups is 1. The molecule has 2 heterocycles. The van der Waals surface area contributed by atoms with Gasteiger partial charge in [-0.3, -0.25) is 4.79 Å². The summed E-state index contributed by atoms with van der Waals surface area (Å²) in [7, 11) is 1.61. The number of aliphatic hydroxyl groups excluding tert-OH is 1. The van der Waals surface area contributed by atoms with E-state index in [1.54, 1.807) is 13.3 Å². The molecule has 1 fully saturated rings. The van der Waals surface area contributed by atoms with E-state index in [0.717, 1.165) is 17.0 Å². The van der Waals surface area contributed by atoms with Crippen LogP contribution in [0.15, 0.2) is 53.9 Å². The lowest BCUT2D eigenvalue weighted by Crippen LogP contribution is -2.26. The van der Waals surface area contributed by atoms with E-state index in [-0.39, 0.29) is 18.9 Å². The van der Waals surface area contributed by atoms with Gasteiger partial charge in [-0.05, 0) is 66.6 Å². The van der Waals surface area contributed by atoms with Crippen molar-refractivity contribution in [2.24, 2.45) is 5.10 Å². The van der Waals surface area contributed by atoms with E-state index in [1.165, 1.54) is 18.4 Å². The average molecular weight is 392 g/mol. The van der Waals surface area contributed by atoms with Gasteiger partial charge in [0.25, 0.3) is 0 Å². The van der Waals surface area contributed by atoms with Gasteiger partial charge in [-0.15, -0.1) is 0 Å². The average Bonchev–Trinajstić information content (AvgIpc) is 3.51. The van der Waals surface area contributed by atoms with Crippen LogP contribution in [0.25, 0.3) is 5.65 Å². The molecule has 4 rings (SSSR count). The second-order valence-corrected chi connectivity index (χ2v) is 7.24. The van der Waals surface area contributed by atoms with Crippen molar-refractivity contribution in [3.05, 3.63) is 65.6 Å². The molecule has 150 valence electrons. The minimum absolute atomic E-state index is 0.110. The van der Waals surface area contributed by atoms with Gasteiger partial charge in [-0.25, -0.2) is 10.4 Å². The highest BCUT2D eigenvalue weighted by Crippen LogP contribution is 2.40. The van der Waals surface area contributed by atoms with Crippen molar-refractivity contribution >= 4 is 17.8 Å². The zero-order chi connectivity index (χ0) is 20.2. The van der Waals surface area contributed by atoms with Crippen LogP contribution in [0.3, 0.4) is 0 Å². The minimum Gasteiger partial charge on any atom is -0.497 e. The van der Waals surface area contributed by atoms with Crippen LogP contribution in [0.4, 0.5) is 0 Å². The fourth-order valence-corrected chi connectivity index (χ4v) is 3.34. The predicted octanol–water partition coefficient (Wildman–Crippen LogP) is 2.84. The summed E-state index contributed by atoms with van der Waals surface area (Å²) >= 11 is 0. The van der Waals surface area contributed by atoms with Gasteiger partial charge in [0.05, 0.1) is 24.9 Å². The number of methoxy groups -OCH3 is 1. The topological polar surface area (TPSA) is 88.2 Å². The molecule has 0 radical (unpaired) electrons. The second kappa shape index (κ2) is 8.45. The van der Waals surface area contributed by atoms with Crippen LogP contribution < -0.4 is 10.2 Å². The Morgan fingerprint density at radius 3 is 2.79 bits per heavy atom. The van der Waals surface area contributed by atoms with Crippen molar-refractivity contribution in [1.82, 2.24) is 14.8 Å². The smallest absolute Gasteiger partial charge is 0.249 e. The lowest BCUT2D eigenvalue weighted by molar-refractivity contribution is -0.123. The van der Waals surface area contributed by atoms with Gasteiger partial charge in [-0.1, -0.05) is 6.07 Å². The van der Waals surface area contributed by atoms with Crippen molar-refractivity contribution in [2.45, 2.75) is 31.1 Å². The summed E-state index contributed by atoms with van der Waals surface area (Å²) < 4.78 is 7.08. The number of nitrogens with one attached hydrogen (secondary N) is 1. The fourth-order valence-electron chi connectivity index (χ4n) is 3.34. The summed E-state index contributed by atoms with van der Waals surface area (Å²) in [6.07, 6.45) is 8.26. The number of fused-ring (bicyclic) bond motifs is 1. The number of aliphatic hydroxyl groups is 1. The molecule has 0 spiro atoms. The Labute approximate surface area is 169 Å². The van der Waals surface area contributed by atoms with Gasteiger partial charge in [0, 0.05) is 19.0 Å². The Hall–Kier alpha value is -3.19. The number of hydrogen-bond donors (Lipinski definition) is 2. The SMILES string of the molecule is COc1ccc(C=NNC(=O)C(CCO)c2cn3cc(C4CC4)ccc3n2)cc1. The number of carbonyl (C=O) groups excluding carboxylic acids is 1. The first-order valence-electron chi connectivity index (χ1n) is 9.74. The molecule has 3 aromatic rings. The van der Waals surface area contributed by atoms with Gasteiger partial charge in [0.15, 0.2) is 0 Å². The lowest BCUT2D eigenvalue weighted by Gasteiger charge is -2.11. The van der Waals surface area contributed by atoms with Crippen molar-refractivity contribution < 1.29 is 14.6 Å². The molecule has 1 amide bonds. The highest BCUT2D eigenvalue weighted by Gasteiger charge is 2.25. The number of carbonyl (C=O) groups is 1. The van der Waals surface area contributed by atoms with Gasteiger partial charge in [0.2, 0.25) is 5.91 Å². The quantitative estimate of drug-likeness (QED) is 0.456. The normalized spacial score (nSPS) is 15.0. The molecule has 1 unspecified atom stereocenters. The first kappa shape index (κ1) is 19.1. The summed E-state index contributed by atoms with van der Waals surface area (Å²) in [5, 5.41) is 13.5. The van der Waals surface area contributed by atoms with Gasteiger partial charge in [0.1, 0.15) is 11.4 Å². The van der Waals surface area contributed by atoms with Crippen molar-refractivity contribution in [2.75, 3.05) is 13.7 Å². The molecule has 1 aliphatic rings. The Morgan fingerprint density at radius 2 is 2.10 bits per heavy atom. The molecule has 0 bridgehead atoms. The Balaban J connectivity index is 1.47. The van der Waals surface area contributed by atoms with Gasteiger partial charge in [-0.2, -0.15) is 5.10 Å². The molecule has 1 aromatic carbocycles. The molecule has 1 saturated carbocycles. The minimum atomic E-state index is -0.572. The lowest BCUT2D eigenvalue weighted by atomic mass is 10.0. The number of ether oxygens (including phenoxy) is 1. The monoisotopic (exact) mass is 392 g/mol.